The number of carboxylic acids is 3. The molecule has 0 saturated carbocycles. The van der Waals surface area contributed by atoms with E-state index in [4.69, 9.17) is 41.2 Å². The van der Waals surface area contributed by atoms with E-state index in [1.807, 2.05) is 0 Å². The van der Waals surface area contributed by atoms with E-state index in [-0.39, 0.29) is 101 Å². The molecule has 9 nitrogen and oxygen atoms in total. The monoisotopic (exact) mass is 544 g/mol. The number of ketones is 1. The van der Waals surface area contributed by atoms with Gasteiger partial charge in [-0.1, -0.05) is 84.0 Å². The van der Waals surface area contributed by atoms with E-state index in [0.717, 1.165) is 33.6 Å². The number of carbonyl (C=O) groups excluding carboxylic acids is 4. The summed E-state index contributed by atoms with van der Waals surface area (Å²) >= 11 is 0. The second kappa shape index (κ2) is 45.9. The van der Waals surface area contributed by atoms with E-state index in [2.05, 4.69) is 6.92 Å². The molecule has 0 aliphatic carbocycles. The standard InChI is InChI=1S/C18H38N2O.3C2H4O2.3Na/c1-2-3-4-5-6-7-8-9-10-11-12-13-14-15-18(21)17(20)16-19;3*1-2(3)4;;;/h17H,2-16,19-20H2,1H3;3*1H3,(H,3,4);;;/q;;;;3*+1/p-3. The summed E-state index contributed by atoms with van der Waals surface area (Å²) in [6.07, 6.45) is 17.8. The number of nitrogens with two attached hydrogens (primary N) is 2. The topological polar surface area (TPSA) is 190 Å². The maximum Gasteiger partial charge on any atom is 1.00 e. The molecule has 0 fully saturated rings. The first kappa shape index (κ1) is 53.3. The quantitative estimate of drug-likeness (QED) is 0.140. The molecule has 1 atom stereocenters. The van der Waals surface area contributed by atoms with E-state index >= 15 is 0 Å². The molecule has 0 aliphatic heterocycles. The second-order valence-corrected chi connectivity index (χ2v) is 7.78. The van der Waals surface area contributed by atoms with Crippen LogP contribution in [0.3, 0.4) is 0 Å². The molecule has 0 amide bonds. The average molecular weight is 545 g/mol. The zero-order valence-corrected chi connectivity index (χ0v) is 30.2. The van der Waals surface area contributed by atoms with Gasteiger partial charge < -0.3 is 41.2 Å². The Morgan fingerprint density at radius 1 is 0.583 bits per heavy atom. The van der Waals surface area contributed by atoms with Crippen LogP contribution in [0.2, 0.25) is 0 Å². The summed E-state index contributed by atoms with van der Waals surface area (Å²) in [6.45, 7) is 5.46. The molecule has 0 saturated heterocycles. The van der Waals surface area contributed by atoms with Crippen LogP contribution >= 0.6 is 0 Å². The number of unbranched alkanes of at least 4 members (excludes halogenated alkanes) is 12. The van der Waals surface area contributed by atoms with Crippen molar-refractivity contribution in [2.24, 2.45) is 11.5 Å². The van der Waals surface area contributed by atoms with Crippen molar-refractivity contribution >= 4 is 23.7 Å². The van der Waals surface area contributed by atoms with E-state index in [0.29, 0.717) is 6.42 Å². The van der Waals surface area contributed by atoms with Crippen molar-refractivity contribution in [3.05, 3.63) is 0 Å². The summed E-state index contributed by atoms with van der Waals surface area (Å²) in [5.74, 6) is -3.12. The first-order valence-electron chi connectivity index (χ1n) is 11.9. The Morgan fingerprint density at radius 3 is 1.03 bits per heavy atom. The Balaban J connectivity index is -0.0000000936. The molecule has 4 N–H and O–H groups in total. The van der Waals surface area contributed by atoms with Gasteiger partial charge in [0, 0.05) is 30.9 Å². The van der Waals surface area contributed by atoms with Gasteiger partial charge >= 0.3 is 88.7 Å². The van der Waals surface area contributed by atoms with Gasteiger partial charge in [0.05, 0.1) is 6.04 Å². The molecule has 0 aliphatic rings. The number of aliphatic carboxylic acids is 3. The van der Waals surface area contributed by atoms with Gasteiger partial charge in [-0.3, -0.25) is 4.79 Å². The second-order valence-electron chi connectivity index (χ2n) is 7.78. The predicted octanol–water partition coefficient (Wildman–Crippen LogP) is -8.40. The van der Waals surface area contributed by atoms with Gasteiger partial charge in [0.15, 0.2) is 5.78 Å². The Labute approximate surface area is 285 Å². The molecule has 0 aromatic carbocycles. The molecule has 0 spiro atoms. The van der Waals surface area contributed by atoms with Crippen LogP contribution < -0.4 is 115 Å². The zero-order chi connectivity index (χ0) is 26.5. The number of carbonyl (C=O) groups is 4. The molecule has 198 valence electrons. The summed E-state index contributed by atoms with van der Waals surface area (Å²) < 4.78 is 0. The zero-order valence-electron chi connectivity index (χ0n) is 24.2. The van der Waals surface area contributed by atoms with Gasteiger partial charge in [-0.2, -0.15) is 0 Å². The molecule has 0 aromatic heterocycles. The maximum atomic E-state index is 11.5. The molecule has 0 heterocycles. The molecule has 0 radical (unpaired) electrons. The van der Waals surface area contributed by atoms with Crippen LogP contribution in [0.4, 0.5) is 0 Å². The normalized spacial score (nSPS) is 9.39. The van der Waals surface area contributed by atoms with Crippen molar-refractivity contribution in [3.8, 4) is 0 Å². The van der Waals surface area contributed by atoms with Gasteiger partial charge in [-0.15, -0.1) is 0 Å². The van der Waals surface area contributed by atoms with Gasteiger partial charge in [0.2, 0.25) is 0 Å². The third-order valence-electron chi connectivity index (χ3n) is 4.19. The van der Waals surface area contributed by atoms with Crippen LogP contribution in [-0.4, -0.2) is 36.3 Å². The van der Waals surface area contributed by atoms with Crippen LogP contribution in [-0.2, 0) is 19.2 Å². The third kappa shape index (κ3) is 83.6. The largest absolute Gasteiger partial charge is 1.00 e. The molecule has 1 unspecified atom stereocenters. The Bertz CT molecular complexity index is 446. The van der Waals surface area contributed by atoms with Crippen LogP contribution in [0, 0.1) is 0 Å². The molecule has 0 rings (SSSR count). The first-order valence-corrected chi connectivity index (χ1v) is 11.9. The van der Waals surface area contributed by atoms with Gasteiger partial charge in [0.1, 0.15) is 0 Å². The van der Waals surface area contributed by atoms with Gasteiger partial charge in [0.25, 0.3) is 0 Å². The van der Waals surface area contributed by atoms with Crippen molar-refractivity contribution in [2.45, 2.75) is 124 Å². The van der Waals surface area contributed by atoms with E-state index in [1.54, 1.807) is 0 Å². The molecular formula is C24H47N2Na3O7. The minimum absolute atomic E-state index is 0. The molecule has 36 heavy (non-hydrogen) atoms. The van der Waals surface area contributed by atoms with Crippen LogP contribution in [0.25, 0.3) is 0 Å². The number of hydrogen-bond donors (Lipinski definition) is 2. The summed E-state index contributed by atoms with van der Waals surface area (Å²) in [6, 6.07) is -0.442. The van der Waals surface area contributed by atoms with E-state index in [1.165, 1.54) is 70.6 Å². The third-order valence-corrected chi connectivity index (χ3v) is 4.19. The van der Waals surface area contributed by atoms with Crippen LogP contribution in [0.5, 0.6) is 0 Å². The summed E-state index contributed by atoms with van der Waals surface area (Å²) in [5, 5.41) is 26.7. The fraction of sp³-hybridized carbons (Fsp3) is 0.833. The van der Waals surface area contributed by atoms with Crippen molar-refractivity contribution < 1.29 is 123 Å². The average Bonchev–Trinajstić information content (AvgIpc) is 2.69. The van der Waals surface area contributed by atoms with Crippen molar-refractivity contribution in [2.75, 3.05) is 6.54 Å². The van der Waals surface area contributed by atoms with E-state index < -0.39 is 23.9 Å². The Kier molecular flexibility index (Phi) is 67.9. The number of hydrogen-bond acceptors (Lipinski definition) is 9. The Hall–Kier alpha value is 1.00. The van der Waals surface area contributed by atoms with Crippen molar-refractivity contribution in [3.63, 3.8) is 0 Å². The number of carboxylic acid groups (broad SMARTS) is 3. The van der Waals surface area contributed by atoms with Gasteiger partial charge in [-0.05, 0) is 27.2 Å². The van der Waals surface area contributed by atoms with Crippen molar-refractivity contribution in [1.29, 1.82) is 0 Å². The van der Waals surface area contributed by atoms with Crippen molar-refractivity contribution in [1.82, 2.24) is 0 Å². The summed E-state index contributed by atoms with van der Waals surface area (Å²) in [5.41, 5.74) is 11.0. The fourth-order valence-electron chi connectivity index (χ4n) is 2.63. The molecule has 12 heteroatoms. The molecule has 0 aromatic rings. The van der Waals surface area contributed by atoms with E-state index in [9.17, 15) is 4.79 Å². The first-order chi connectivity index (χ1) is 15.4. The predicted molar refractivity (Wildman–Crippen MR) is 124 cm³/mol. The fourth-order valence-corrected chi connectivity index (χ4v) is 2.63. The number of Topliss-reactive ketones (excluding diaryl/α,β-unsaturated/α-hetero) is 1. The van der Waals surface area contributed by atoms with Crippen LogP contribution in [0.1, 0.15) is 118 Å². The summed E-state index contributed by atoms with van der Waals surface area (Å²) in [7, 11) is 0. The minimum Gasteiger partial charge on any atom is -0.550 e. The van der Waals surface area contributed by atoms with Crippen LogP contribution in [0.15, 0.2) is 0 Å². The minimum atomic E-state index is -1.08. The smallest absolute Gasteiger partial charge is 0.550 e. The SMILES string of the molecule is CC(=O)[O-].CC(=O)[O-].CC(=O)[O-].CCCCCCCCCCCCCCCC(=O)C(N)CN.[Na+].[Na+].[Na+]. The van der Waals surface area contributed by atoms with Gasteiger partial charge in [-0.25, -0.2) is 0 Å². The maximum absolute atomic E-state index is 11.5. The Morgan fingerprint density at radius 2 is 0.806 bits per heavy atom. The number of rotatable bonds is 16. The summed E-state index contributed by atoms with van der Waals surface area (Å²) in [4.78, 5) is 38.1. The molecule has 0 bridgehead atoms. The molecular weight excluding hydrogens is 497 g/mol.